The molecule has 1 saturated carbocycles. The van der Waals surface area contributed by atoms with Gasteiger partial charge in [0.2, 0.25) is 0 Å². The van der Waals surface area contributed by atoms with Crippen molar-refractivity contribution in [2.75, 3.05) is 26.9 Å². The molecule has 1 rings (SSSR count). The minimum absolute atomic E-state index is 0.401. The fraction of sp³-hybridized carbons (Fsp3) is 1.00. The van der Waals surface area contributed by atoms with Gasteiger partial charge in [0.05, 0.1) is 13.2 Å². The van der Waals surface area contributed by atoms with Crippen molar-refractivity contribution in [3.63, 3.8) is 0 Å². The molecule has 90 valence electrons. The van der Waals surface area contributed by atoms with Crippen LogP contribution in [0.5, 0.6) is 0 Å². The number of hydrogen-bond acceptors (Lipinski definition) is 3. The highest BCUT2D eigenvalue weighted by molar-refractivity contribution is 4.77. The van der Waals surface area contributed by atoms with E-state index >= 15 is 0 Å². The van der Waals surface area contributed by atoms with Crippen LogP contribution in [0.25, 0.3) is 0 Å². The smallest absolute Gasteiger partial charge is 0.0700 e. The second-order valence-electron chi connectivity index (χ2n) is 4.46. The first-order valence-corrected chi connectivity index (χ1v) is 6.17. The van der Waals surface area contributed by atoms with E-state index in [1.165, 1.54) is 25.7 Å². The van der Waals surface area contributed by atoms with Crippen LogP contribution in [-0.4, -0.2) is 33.0 Å². The van der Waals surface area contributed by atoms with Crippen LogP contribution in [0.15, 0.2) is 0 Å². The molecule has 3 heteroatoms. The Morgan fingerprint density at radius 3 is 2.60 bits per heavy atom. The molecule has 0 amide bonds. The summed E-state index contributed by atoms with van der Waals surface area (Å²) in [6, 6.07) is 0.401. The van der Waals surface area contributed by atoms with Gasteiger partial charge in [-0.25, -0.2) is 0 Å². The third-order valence-electron chi connectivity index (χ3n) is 3.26. The van der Waals surface area contributed by atoms with Gasteiger partial charge in [-0.1, -0.05) is 12.8 Å². The van der Waals surface area contributed by atoms with Crippen molar-refractivity contribution >= 4 is 0 Å². The van der Waals surface area contributed by atoms with Crippen LogP contribution in [0.2, 0.25) is 0 Å². The van der Waals surface area contributed by atoms with Crippen molar-refractivity contribution < 1.29 is 9.47 Å². The van der Waals surface area contributed by atoms with Crippen molar-refractivity contribution in [1.82, 2.24) is 0 Å². The van der Waals surface area contributed by atoms with Crippen LogP contribution >= 0.6 is 0 Å². The molecule has 1 fully saturated rings. The van der Waals surface area contributed by atoms with E-state index < -0.39 is 0 Å². The summed E-state index contributed by atoms with van der Waals surface area (Å²) in [6.07, 6.45) is 7.63. The molecular weight excluding hydrogens is 190 g/mol. The molecule has 0 heterocycles. The first-order valence-electron chi connectivity index (χ1n) is 6.17. The normalized spacial score (nSPS) is 19.6. The van der Waals surface area contributed by atoms with Crippen molar-refractivity contribution in [2.45, 2.75) is 44.6 Å². The van der Waals surface area contributed by atoms with E-state index in [4.69, 9.17) is 15.2 Å². The van der Waals surface area contributed by atoms with Gasteiger partial charge in [-0.05, 0) is 31.6 Å². The molecule has 0 aromatic heterocycles. The predicted molar refractivity (Wildman–Crippen MR) is 61.9 cm³/mol. The van der Waals surface area contributed by atoms with Crippen LogP contribution in [-0.2, 0) is 9.47 Å². The molecule has 1 unspecified atom stereocenters. The summed E-state index contributed by atoms with van der Waals surface area (Å²) in [5, 5.41) is 0. The number of rotatable bonds is 8. The maximum atomic E-state index is 6.14. The highest BCUT2D eigenvalue weighted by Crippen LogP contribution is 2.28. The Morgan fingerprint density at radius 2 is 1.93 bits per heavy atom. The molecule has 0 spiro atoms. The average molecular weight is 215 g/mol. The fourth-order valence-electron chi connectivity index (χ4n) is 2.29. The molecule has 15 heavy (non-hydrogen) atoms. The van der Waals surface area contributed by atoms with Crippen LogP contribution < -0.4 is 5.73 Å². The van der Waals surface area contributed by atoms with Crippen molar-refractivity contribution in [3.05, 3.63) is 0 Å². The second kappa shape index (κ2) is 8.08. The van der Waals surface area contributed by atoms with Gasteiger partial charge in [-0.2, -0.15) is 0 Å². The van der Waals surface area contributed by atoms with E-state index in [1.54, 1.807) is 7.11 Å². The SMILES string of the molecule is COCCOCCCC(N)C1CCCC1. The van der Waals surface area contributed by atoms with Crippen LogP contribution in [0.3, 0.4) is 0 Å². The summed E-state index contributed by atoms with van der Waals surface area (Å²) in [6.45, 7) is 2.22. The van der Waals surface area contributed by atoms with E-state index in [9.17, 15) is 0 Å². The van der Waals surface area contributed by atoms with Crippen LogP contribution in [0.1, 0.15) is 38.5 Å². The minimum atomic E-state index is 0.401. The zero-order chi connectivity index (χ0) is 10.9. The van der Waals surface area contributed by atoms with Crippen molar-refractivity contribution in [2.24, 2.45) is 11.7 Å². The van der Waals surface area contributed by atoms with Gasteiger partial charge >= 0.3 is 0 Å². The molecule has 0 radical (unpaired) electrons. The summed E-state index contributed by atoms with van der Waals surface area (Å²) >= 11 is 0. The third-order valence-corrected chi connectivity index (χ3v) is 3.26. The maximum Gasteiger partial charge on any atom is 0.0700 e. The Morgan fingerprint density at radius 1 is 1.20 bits per heavy atom. The topological polar surface area (TPSA) is 44.5 Å². The largest absolute Gasteiger partial charge is 0.382 e. The van der Waals surface area contributed by atoms with E-state index in [-0.39, 0.29) is 0 Å². The number of ether oxygens (including phenoxy) is 2. The minimum Gasteiger partial charge on any atom is -0.382 e. The lowest BCUT2D eigenvalue weighted by molar-refractivity contribution is 0.0676. The summed E-state index contributed by atoms with van der Waals surface area (Å²) in [7, 11) is 1.69. The molecule has 1 aliphatic rings. The maximum absolute atomic E-state index is 6.14. The third kappa shape index (κ3) is 5.50. The molecule has 0 aromatic carbocycles. The zero-order valence-corrected chi connectivity index (χ0v) is 9.91. The molecule has 2 N–H and O–H groups in total. The van der Waals surface area contributed by atoms with Crippen LogP contribution in [0, 0.1) is 5.92 Å². The van der Waals surface area contributed by atoms with Gasteiger partial charge in [-0.15, -0.1) is 0 Å². The predicted octanol–water partition coefficient (Wildman–Crippen LogP) is 1.95. The van der Waals surface area contributed by atoms with E-state index in [1.807, 2.05) is 0 Å². The standard InChI is InChI=1S/C12H25NO2/c1-14-9-10-15-8-4-7-12(13)11-5-2-3-6-11/h11-12H,2-10,13H2,1H3. The van der Waals surface area contributed by atoms with E-state index in [0.717, 1.165) is 25.4 Å². The number of methoxy groups -OCH3 is 1. The molecule has 1 atom stereocenters. The average Bonchev–Trinajstić information content (AvgIpc) is 2.76. The molecule has 3 nitrogen and oxygen atoms in total. The molecule has 0 aromatic rings. The second-order valence-corrected chi connectivity index (χ2v) is 4.46. The molecule has 0 saturated heterocycles. The lowest BCUT2D eigenvalue weighted by Gasteiger charge is -2.18. The quantitative estimate of drug-likeness (QED) is 0.629. The lowest BCUT2D eigenvalue weighted by atomic mass is 9.95. The molecular formula is C12H25NO2. The van der Waals surface area contributed by atoms with Gasteiger partial charge in [-0.3, -0.25) is 0 Å². The van der Waals surface area contributed by atoms with Crippen LogP contribution in [0.4, 0.5) is 0 Å². The molecule has 0 bridgehead atoms. The monoisotopic (exact) mass is 215 g/mol. The molecule has 1 aliphatic carbocycles. The number of nitrogens with two attached hydrogens (primary N) is 1. The highest BCUT2D eigenvalue weighted by atomic mass is 16.5. The summed E-state index contributed by atoms with van der Waals surface area (Å²) < 4.78 is 10.3. The van der Waals surface area contributed by atoms with Crippen molar-refractivity contribution in [3.8, 4) is 0 Å². The summed E-state index contributed by atoms with van der Waals surface area (Å²) in [4.78, 5) is 0. The highest BCUT2D eigenvalue weighted by Gasteiger charge is 2.21. The van der Waals surface area contributed by atoms with Gasteiger partial charge in [0.25, 0.3) is 0 Å². The van der Waals surface area contributed by atoms with E-state index in [0.29, 0.717) is 19.3 Å². The summed E-state index contributed by atoms with van der Waals surface area (Å²) in [5.41, 5.74) is 6.14. The Labute approximate surface area is 93.3 Å². The Bertz CT molecular complexity index is 147. The van der Waals surface area contributed by atoms with E-state index in [2.05, 4.69) is 0 Å². The molecule has 0 aliphatic heterocycles. The van der Waals surface area contributed by atoms with Gasteiger partial charge < -0.3 is 15.2 Å². The fourth-order valence-corrected chi connectivity index (χ4v) is 2.29. The van der Waals surface area contributed by atoms with Crippen molar-refractivity contribution in [1.29, 1.82) is 0 Å². The number of hydrogen-bond donors (Lipinski definition) is 1. The Hall–Kier alpha value is -0.120. The van der Waals surface area contributed by atoms with Gasteiger partial charge in [0.1, 0.15) is 0 Å². The lowest BCUT2D eigenvalue weighted by Crippen LogP contribution is -2.28. The summed E-state index contributed by atoms with van der Waals surface area (Å²) in [5.74, 6) is 0.781. The first-order chi connectivity index (χ1) is 7.34. The zero-order valence-electron chi connectivity index (χ0n) is 9.91. The Balaban J connectivity index is 1.90. The van der Waals surface area contributed by atoms with Gasteiger partial charge in [0.15, 0.2) is 0 Å². The van der Waals surface area contributed by atoms with Gasteiger partial charge in [0, 0.05) is 19.8 Å². The Kier molecular flexibility index (Phi) is 6.98. The first kappa shape index (κ1) is 12.9.